The fourth-order valence-electron chi connectivity index (χ4n) is 1.36. The van der Waals surface area contributed by atoms with E-state index in [0.29, 0.717) is 0 Å². The van der Waals surface area contributed by atoms with Gasteiger partial charge in [-0.2, -0.15) is 4.31 Å². The number of carboxylic acids is 1. The van der Waals surface area contributed by atoms with Crippen LogP contribution in [0.3, 0.4) is 0 Å². The van der Waals surface area contributed by atoms with E-state index in [1.54, 1.807) is 0 Å². The Balaban J connectivity index is 2.98. The molecule has 2 atom stereocenters. The monoisotopic (exact) mass is 283 g/mol. The summed E-state index contributed by atoms with van der Waals surface area (Å²) in [4.78, 5) is 22.1. The van der Waals surface area contributed by atoms with Crippen molar-refractivity contribution in [2.24, 2.45) is 0 Å². The molecule has 98 valence electrons. The highest BCUT2D eigenvalue weighted by atomic mass is 32.2. The topological polar surface area (TPSA) is 101 Å². The lowest BCUT2D eigenvalue weighted by Crippen LogP contribution is -2.47. The summed E-state index contributed by atoms with van der Waals surface area (Å²) in [5, 5.41) is 7.49. The predicted molar refractivity (Wildman–Crippen MR) is 61.0 cm³/mol. The Morgan fingerprint density at radius 1 is 1.53 bits per heavy atom. The van der Waals surface area contributed by atoms with Gasteiger partial charge in [-0.05, 0) is 6.92 Å². The third-order valence-electron chi connectivity index (χ3n) is 2.43. The number of aliphatic carboxylic acids is 1. The van der Waals surface area contributed by atoms with Crippen LogP contribution in [0.25, 0.3) is 0 Å². The fourth-order valence-corrected chi connectivity index (χ4v) is 4.55. The molecular formula is C8H13NO6S2. The lowest BCUT2D eigenvalue weighted by atomic mass is 10.4. The Kier molecular flexibility index (Phi) is 4.39. The first-order chi connectivity index (χ1) is 7.82. The van der Waals surface area contributed by atoms with E-state index >= 15 is 0 Å². The minimum absolute atomic E-state index is 0.0423. The zero-order chi connectivity index (χ0) is 13.2. The van der Waals surface area contributed by atoms with Crippen LogP contribution in [0.4, 0.5) is 0 Å². The smallest absolute Gasteiger partial charge is 0.325 e. The van der Waals surface area contributed by atoms with Gasteiger partial charge in [0.1, 0.15) is 6.04 Å². The average Bonchev–Trinajstić information content (AvgIpc) is 2.76. The first kappa shape index (κ1) is 14.3. The van der Waals surface area contributed by atoms with Crippen LogP contribution in [0.1, 0.15) is 6.92 Å². The Bertz CT molecular complexity index is 420. The van der Waals surface area contributed by atoms with Crippen molar-refractivity contribution in [2.75, 3.05) is 18.7 Å². The van der Waals surface area contributed by atoms with Crippen molar-refractivity contribution in [3.8, 4) is 0 Å². The normalized spacial score (nSPS) is 23.3. The van der Waals surface area contributed by atoms with Crippen LogP contribution < -0.4 is 0 Å². The predicted octanol–water partition coefficient (Wildman–Crippen LogP) is -0.663. The number of ether oxygens (including phenoxy) is 1. The number of methoxy groups -OCH3 is 1. The summed E-state index contributed by atoms with van der Waals surface area (Å²) in [7, 11) is -2.90. The van der Waals surface area contributed by atoms with Gasteiger partial charge < -0.3 is 9.84 Å². The molecule has 7 nitrogen and oxygen atoms in total. The maximum atomic E-state index is 12.0. The van der Waals surface area contributed by atoms with E-state index in [4.69, 9.17) is 5.11 Å². The molecule has 1 saturated heterocycles. The maximum absolute atomic E-state index is 12.0. The summed E-state index contributed by atoms with van der Waals surface area (Å²) < 4.78 is 29.2. The lowest BCUT2D eigenvalue weighted by molar-refractivity contribution is -0.141. The summed E-state index contributed by atoms with van der Waals surface area (Å²) in [6, 6.07) is -1.11. The Labute approximate surface area is 103 Å². The van der Waals surface area contributed by atoms with Crippen molar-refractivity contribution in [1.29, 1.82) is 0 Å². The van der Waals surface area contributed by atoms with Crippen molar-refractivity contribution in [1.82, 2.24) is 4.31 Å². The molecule has 1 N–H and O–H groups in total. The largest absolute Gasteiger partial charge is 0.480 e. The van der Waals surface area contributed by atoms with Gasteiger partial charge >= 0.3 is 11.9 Å². The van der Waals surface area contributed by atoms with Crippen LogP contribution in [-0.2, 0) is 24.3 Å². The van der Waals surface area contributed by atoms with Gasteiger partial charge in [0.25, 0.3) is 0 Å². The highest BCUT2D eigenvalue weighted by molar-refractivity contribution is 8.00. The third kappa shape index (κ3) is 2.72. The van der Waals surface area contributed by atoms with Crippen LogP contribution >= 0.6 is 11.8 Å². The number of carboxylic acid groups (broad SMARTS) is 1. The summed E-state index contributed by atoms with van der Waals surface area (Å²) >= 11 is 1.20. The van der Waals surface area contributed by atoms with E-state index in [-0.39, 0.29) is 11.6 Å². The Morgan fingerprint density at radius 2 is 2.12 bits per heavy atom. The zero-order valence-electron chi connectivity index (χ0n) is 9.32. The van der Waals surface area contributed by atoms with E-state index in [0.717, 1.165) is 11.4 Å². The van der Waals surface area contributed by atoms with Crippen LogP contribution in [-0.4, -0.2) is 59.8 Å². The van der Waals surface area contributed by atoms with E-state index in [1.807, 2.05) is 0 Å². The molecule has 0 aromatic rings. The maximum Gasteiger partial charge on any atom is 0.325 e. The van der Waals surface area contributed by atoms with Crippen molar-refractivity contribution in [3.63, 3.8) is 0 Å². The molecular weight excluding hydrogens is 270 g/mol. The molecule has 1 aliphatic heterocycles. The third-order valence-corrected chi connectivity index (χ3v) is 5.73. The van der Waals surface area contributed by atoms with E-state index in [9.17, 15) is 18.0 Å². The van der Waals surface area contributed by atoms with Crippen molar-refractivity contribution in [3.05, 3.63) is 0 Å². The molecule has 0 aromatic heterocycles. The SMILES string of the molecule is COC(=O)C(C)S(=O)(=O)N1CSCC1C(=O)O. The quantitative estimate of drug-likeness (QED) is 0.683. The zero-order valence-corrected chi connectivity index (χ0v) is 11.0. The van der Waals surface area contributed by atoms with Gasteiger partial charge in [-0.3, -0.25) is 9.59 Å². The van der Waals surface area contributed by atoms with Gasteiger partial charge in [0.2, 0.25) is 10.0 Å². The highest BCUT2D eigenvalue weighted by Crippen LogP contribution is 2.26. The molecule has 2 unspecified atom stereocenters. The van der Waals surface area contributed by atoms with Gasteiger partial charge in [-0.25, -0.2) is 8.42 Å². The van der Waals surface area contributed by atoms with Gasteiger partial charge in [-0.1, -0.05) is 0 Å². The average molecular weight is 283 g/mol. The molecule has 0 bridgehead atoms. The second-order valence-corrected chi connectivity index (χ2v) is 6.66. The first-order valence-corrected chi connectivity index (χ1v) is 7.37. The minimum atomic E-state index is -3.99. The van der Waals surface area contributed by atoms with Crippen molar-refractivity contribution < 1.29 is 27.9 Å². The van der Waals surface area contributed by atoms with Gasteiger partial charge in [-0.15, -0.1) is 11.8 Å². The molecule has 1 heterocycles. The number of rotatable bonds is 4. The van der Waals surface area contributed by atoms with Crippen molar-refractivity contribution in [2.45, 2.75) is 18.2 Å². The van der Waals surface area contributed by atoms with Gasteiger partial charge in [0.15, 0.2) is 5.25 Å². The number of hydrogen-bond donors (Lipinski definition) is 1. The standard InChI is InChI=1S/C8H13NO6S2/c1-5(8(12)15-2)17(13,14)9-4-16-3-6(9)7(10)11/h5-6H,3-4H2,1-2H3,(H,10,11). The van der Waals surface area contributed by atoms with Crippen LogP contribution in [0.5, 0.6) is 0 Å². The summed E-state index contributed by atoms with van der Waals surface area (Å²) in [6.45, 7) is 1.18. The number of carbonyl (C=O) groups is 2. The molecule has 1 rings (SSSR count). The fraction of sp³-hybridized carbons (Fsp3) is 0.750. The molecule has 17 heavy (non-hydrogen) atoms. The molecule has 0 aromatic carbocycles. The summed E-state index contributed by atoms with van der Waals surface area (Å²) in [6.07, 6.45) is 0. The molecule has 9 heteroatoms. The second-order valence-electron chi connectivity index (χ2n) is 3.45. The Morgan fingerprint density at radius 3 is 2.59 bits per heavy atom. The molecule has 0 spiro atoms. The van der Waals surface area contributed by atoms with Gasteiger partial charge in [0, 0.05) is 5.75 Å². The minimum Gasteiger partial charge on any atom is -0.480 e. The number of esters is 1. The number of thioether (sulfide) groups is 1. The summed E-state index contributed by atoms with van der Waals surface area (Å²) in [5.41, 5.74) is 0. The number of nitrogens with zero attached hydrogens (tertiary/aromatic N) is 1. The Hall–Kier alpha value is -0.800. The number of sulfonamides is 1. The van der Waals surface area contributed by atoms with Crippen LogP contribution in [0, 0.1) is 0 Å². The van der Waals surface area contributed by atoms with E-state index in [1.165, 1.54) is 18.7 Å². The van der Waals surface area contributed by atoms with E-state index in [2.05, 4.69) is 4.74 Å². The number of carbonyl (C=O) groups excluding carboxylic acids is 1. The molecule has 0 aliphatic carbocycles. The summed E-state index contributed by atoms with van der Waals surface area (Å²) in [5.74, 6) is -1.88. The lowest BCUT2D eigenvalue weighted by Gasteiger charge is -2.22. The molecule has 0 radical (unpaired) electrons. The second kappa shape index (κ2) is 5.23. The number of hydrogen-bond acceptors (Lipinski definition) is 6. The molecule has 1 aliphatic rings. The molecule has 1 fully saturated rings. The first-order valence-electron chi connectivity index (χ1n) is 4.71. The highest BCUT2D eigenvalue weighted by Gasteiger charge is 2.44. The van der Waals surface area contributed by atoms with Crippen molar-refractivity contribution >= 4 is 33.7 Å². The molecule has 0 amide bonds. The van der Waals surface area contributed by atoms with Crippen LogP contribution in [0.15, 0.2) is 0 Å². The van der Waals surface area contributed by atoms with Gasteiger partial charge in [0.05, 0.1) is 13.0 Å². The van der Waals surface area contributed by atoms with Crippen LogP contribution in [0.2, 0.25) is 0 Å². The van der Waals surface area contributed by atoms with E-state index < -0.39 is 33.3 Å². The molecule has 0 saturated carbocycles.